The van der Waals surface area contributed by atoms with Crippen molar-refractivity contribution in [1.82, 2.24) is 5.32 Å². The van der Waals surface area contributed by atoms with Gasteiger partial charge in [0, 0.05) is 23.0 Å². The molecule has 1 atom stereocenters. The van der Waals surface area contributed by atoms with Crippen molar-refractivity contribution in [2.75, 3.05) is 6.54 Å². The molecular weight excluding hydrogens is 230 g/mol. The Morgan fingerprint density at radius 3 is 2.88 bits per heavy atom. The van der Waals surface area contributed by atoms with Gasteiger partial charge in [0.25, 0.3) is 0 Å². The molecule has 0 spiro atoms. The first-order valence-electron chi connectivity index (χ1n) is 6.23. The Labute approximate surface area is 109 Å². The number of hydrogen-bond acceptors (Lipinski definition) is 1. The fourth-order valence-corrected chi connectivity index (χ4v) is 2.20. The number of benzene rings is 1. The lowest BCUT2D eigenvalue weighted by molar-refractivity contribution is 0.389. The highest BCUT2D eigenvalue weighted by Gasteiger charge is 2.26. The lowest BCUT2D eigenvalue weighted by atomic mass is 9.83. The minimum atomic E-state index is 0.104. The van der Waals surface area contributed by atoms with Crippen LogP contribution in [0.4, 0.5) is 0 Å². The Bertz CT molecular complexity index is 398. The number of rotatable bonds is 6. The molecule has 1 unspecified atom stereocenters. The normalized spacial score (nSPS) is 18.7. The van der Waals surface area contributed by atoms with Crippen LogP contribution >= 0.6 is 11.6 Å². The van der Waals surface area contributed by atoms with Gasteiger partial charge in [-0.1, -0.05) is 36.7 Å². The van der Waals surface area contributed by atoms with Gasteiger partial charge in [-0.2, -0.15) is 0 Å². The highest BCUT2D eigenvalue weighted by molar-refractivity contribution is 6.30. The lowest BCUT2D eigenvalue weighted by Crippen LogP contribution is -2.33. The summed E-state index contributed by atoms with van der Waals surface area (Å²) in [5.74, 6) is 0. The summed E-state index contributed by atoms with van der Waals surface area (Å²) in [6.07, 6.45) is 5.69. The standard InChI is InChI=1S/C15H20ClN/c1-3-15(2,11-17-14-7-8-14)10-12-5-4-6-13(16)9-12/h3-6,9,14,17H,1,7-8,10-11H2,2H3. The van der Waals surface area contributed by atoms with Gasteiger partial charge in [0.2, 0.25) is 0 Å². The molecule has 0 amide bonds. The van der Waals surface area contributed by atoms with E-state index in [2.05, 4.69) is 31.0 Å². The van der Waals surface area contributed by atoms with Crippen LogP contribution in [0.2, 0.25) is 5.02 Å². The van der Waals surface area contributed by atoms with Crippen molar-refractivity contribution in [1.29, 1.82) is 0 Å². The van der Waals surface area contributed by atoms with Gasteiger partial charge >= 0.3 is 0 Å². The zero-order valence-corrected chi connectivity index (χ0v) is 11.1. The summed E-state index contributed by atoms with van der Waals surface area (Å²) >= 11 is 6.01. The molecule has 1 saturated carbocycles. The average molecular weight is 250 g/mol. The van der Waals surface area contributed by atoms with E-state index in [9.17, 15) is 0 Å². The Morgan fingerprint density at radius 2 is 2.29 bits per heavy atom. The third-order valence-electron chi connectivity index (χ3n) is 3.36. The summed E-state index contributed by atoms with van der Waals surface area (Å²) < 4.78 is 0. The van der Waals surface area contributed by atoms with Gasteiger partial charge in [-0.25, -0.2) is 0 Å². The van der Waals surface area contributed by atoms with E-state index in [1.807, 2.05) is 18.2 Å². The third-order valence-corrected chi connectivity index (χ3v) is 3.60. The molecule has 1 N–H and O–H groups in total. The Kier molecular flexibility index (Phi) is 3.90. The highest BCUT2D eigenvalue weighted by Crippen LogP contribution is 2.27. The van der Waals surface area contributed by atoms with Gasteiger partial charge in [0.05, 0.1) is 0 Å². The maximum absolute atomic E-state index is 6.01. The number of halogens is 1. The molecule has 0 radical (unpaired) electrons. The summed E-state index contributed by atoms with van der Waals surface area (Å²) in [7, 11) is 0. The molecular formula is C15H20ClN. The molecule has 1 fully saturated rings. The third kappa shape index (κ3) is 3.86. The summed E-state index contributed by atoms with van der Waals surface area (Å²) in [5.41, 5.74) is 1.38. The van der Waals surface area contributed by atoms with E-state index >= 15 is 0 Å². The first-order valence-corrected chi connectivity index (χ1v) is 6.60. The average Bonchev–Trinajstić information content (AvgIpc) is 3.10. The predicted molar refractivity (Wildman–Crippen MR) is 74.5 cm³/mol. The number of hydrogen-bond donors (Lipinski definition) is 1. The van der Waals surface area contributed by atoms with Gasteiger partial charge in [0.1, 0.15) is 0 Å². The first-order chi connectivity index (χ1) is 8.11. The van der Waals surface area contributed by atoms with Crippen molar-refractivity contribution in [2.24, 2.45) is 5.41 Å². The molecule has 0 aliphatic heterocycles. The minimum absolute atomic E-state index is 0.104. The Balaban J connectivity index is 1.99. The molecule has 0 saturated heterocycles. The monoisotopic (exact) mass is 249 g/mol. The van der Waals surface area contributed by atoms with Crippen molar-refractivity contribution < 1.29 is 0 Å². The molecule has 1 nitrogen and oxygen atoms in total. The van der Waals surface area contributed by atoms with Gasteiger partial charge in [-0.05, 0) is 37.0 Å². The van der Waals surface area contributed by atoms with Crippen molar-refractivity contribution >= 4 is 11.6 Å². The molecule has 92 valence electrons. The van der Waals surface area contributed by atoms with Crippen LogP contribution in [-0.4, -0.2) is 12.6 Å². The van der Waals surface area contributed by atoms with Crippen LogP contribution < -0.4 is 5.32 Å². The molecule has 0 aromatic heterocycles. The van der Waals surface area contributed by atoms with E-state index < -0.39 is 0 Å². The van der Waals surface area contributed by atoms with Gasteiger partial charge in [-0.3, -0.25) is 0 Å². The van der Waals surface area contributed by atoms with Crippen LogP contribution in [0, 0.1) is 5.41 Å². The summed E-state index contributed by atoms with van der Waals surface area (Å²) in [4.78, 5) is 0. The van der Waals surface area contributed by atoms with Crippen LogP contribution in [0.3, 0.4) is 0 Å². The van der Waals surface area contributed by atoms with Crippen LogP contribution in [0.15, 0.2) is 36.9 Å². The minimum Gasteiger partial charge on any atom is -0.313 e. The molecule has 2 rings (SSSR count). The molecule has 0 heterocycles. The maximum atomic E-state index is 6.01. The zero-order chi connectivity index (χ0) is 12.3. The van der Waals surface area contributed by atoms with Crippen LogP contribution in [0.25, 0.3) is 0 Å². The van der Waals surface area contributed by atoms with Crippen molar-refractivity contribution in [3.05, 3.63) is 47.5 Å². The molecule has 1 aromatic rings. The summed E-state index contributed by atoms with van der Waals surface area (Å²) in [6, 6.07) is 8.84. The summed E-state index contributed by atoms with van der Waals surface area (Å²) in [6.45, 7) is 7.22. The van der Waals surface area contributed by atoms with Crippen molar-refractivity contribution in [3.8, 4) is 0 Å². The van der Waals surface area contributed by atoms with E-state index in [0.29, 0.717) is 0 Å². The van der Waals surface area contributed by atoms with E-state index in [-0.39, 0.29) is 5.41 Å². The predicted octanol–water partition coefficient (Wildman–Crippen LogP) is 3.83. The Morgan fingerprint density at radius 1 is 1.53 bits per heavy atom. The van der Waals surface area contributed by atoms with E-state index in [4.69, 9.17) is 11.6 Å². The summed E-state index contributed by atoms with van der Waals surface area (Å²) in [5, 5.41) is 4.39. The molecule has 1 aromatic carbocycles. The largest absolute Gasteiger partial charge is 0.313 e. The van der Waals surface area contributed by atoms with Crippen LogP contribution in [-0.2, 0) is 6.42 Å². The van der Waals surface area contributed by atoms with E-state index in [0.717, 1.165) is 24.0 Å². The van der Waals surface area contributed by atoms with Gasteiger partial charge in [-0.15, -0.1) is 6.58 Å². The SMILES string of the molecule is C=CC(C)(CNC1CC1)Cc1cccc(Cl)c1. The zero-order valence-electron chi connectivity index (χ0n) is 10.4. The quantitative estimate of drug-likeness (QED) is 0.756. The van der Waals surface area contributed by atoms with Crippen molar-refractivity contribution in [2.45, 2.75) is 32.2 Å². The molecule has 17 heavy (non-hydrogen) atoms. The fraction of sp³-hybridized carbons (Fsp3) is 0.467. The van der Waals surface area contributed by atoms with Gasteiger partial charge in [0.15, 0.2) is 0 Å². The van der Waals surface area contributed by atoms with Gasteiger partial charge < -0.3 is 5.32 Å². The second-order valence-corrected chi connectivity index (χ2v) is 5.76. The maximum Gasteiger partial charge on any atom is 0.0408 e. The second kappa shape index (κ2) is 5.24. The lowest BCUT2D eigenvalue weighted by Gasteiger charge is -2.26. The smallest absolute Gasteiger partial charge is 0.0408 e. The van der Waals surface area contributed by atoms with Crippen LogP contribution in [0.1, 0.15) is 25.3 Å². The van der Waals surface area contributed by atoms with Crippen LogP contribution in [0.5, 0.6) is 0 Å². The van der Waals surface area contributed by atoms with E-state index in [1.165, 1.54) is 18.4 Å². The molecule has 1 aliphatic carbocycles. The fourth-order valence-electron chi connectivity index (χ4n) is 1.99. The highest BCUT2D eigenvalue weighted by atomic mass is 35.5. The molecule has 0 bridgehead atoms. The second-order valence-electron chi connectivity index (χ2n) is 5.32. The van der Waals surface area contributed by atoms with E-state index in [1.54, 1.807) is 0 Å². The number of nitrogens with one attached hydrogen (secondary N) is 1. The Hall–Kier alpha value is -0.790. The first kappa shape index (κ1) is 12.7. The topological polar surface area (TPSA) is 12.0 Å². The van der Waals surface area contributed by atoms with Crippen molar-refractivity contribution in [3.63, 3.8) is 0 Å². The molecule has 1 aliphatic rings. The molecule has 2 heteroatoms.